The Balaban J connectivity index is 1.05. The summed E-state index contributed by atoms with van der Waals surface area (Å²) in [5.74, 6) is 0.555. The first kappa shape index (κ1) is 36.8. The number of aliphatic hydroxyl groups excluding tert-OH is 1. The zero-order valence-corrected chi connectivity index (χ0v) is 30.1. The molecule has 10 nitrogen and oxygen atoms in total. The number of anilines is 2. The molecule has 0 radical (unpaired) electrons. The lowest BCUT2D eigenvalue weighted by molar-refractivity contribution is -0.245. The highest BCUT2D eigenvalue weighted by atomic mass is 32.2. The van der Waals surface area contributed by atoms with Crippen molar-refractivity contribution in [2.75, 3.05) is 16.8 Å². The number of hydrogen-bond acceptors (Lipinski definition) is 8. The van der Waals surface area contributed by atoms with Crippen molar-refractivity contribution in [3.05, 3.63) is 132 Å². The van der Waals surface area contributed by atoms with E-state index in [9.17, 15) is 14.7 Å². The first-order chi connectivity index (χ1) is 25.3. The van der Waals surface area contributed by atoms with Crippen molar-refractivity contribution in [2.24, 2.45) is 7.05 Å². The monoisotopic (exact) mass is 719 g/mol. The minimum atomic E-state index is -0.576. The van der Waals surface area contributed by atoms with E-state index >= 15 is 0 Å². The Morgan fingerprint density at radius 2 is 1.63 bits per heavy atom. The van der Waals surface area contributed by atoms with Gasteiger partial charge in [-0.3, -0.25) is 9.59 Å². The molecular weight excluding hydrogens is 675 g/mol. The Morgan fingerprint density at radius 1 is 0.885 bits per heavy atom. The highest BCUT2D eigenvalue weighted by Gasteiger charge is 2.32. The average molecular weight is 720 g/mol. The first-order valence-corrected chi connectivity index (χ1v) is 18.5. The molecule has 5 N–H and O–H groups in total. The number of amides is 2. The molecule has 6 rings (SSSR count). The van der Waals surface area contributed by atoms with Gasteiger partial charge >= 0.3 is 0 Å². The Hall–Kier alpha value is -4.94. The number of carbonyl (C=O) groups is 2. The van der Waals surface area contributed by atoms with Crippen LogP contribution in [-0.4, -0.2) is 38.3 Å². The molecule has 0 saturated carbocycles. The molecule has 5 aromatic rings. The number of nitrogens with zero attached hydrogens (tertiary/aromatic N) is 2. The summed E-state index contributed by atoms with van der Waals surface area (Å²) in [6.07, 6.45) is 5.47. The van der Waals surface area contributed by atoms with Gasteiger partial charge in [0.2, 0.25) is 11.8 Å². The third-order valence-corrected chi connectivity index (χ3v) is 10.2. The van der Waals surface area contributed by atoms with E-state index < -0.39 is 6.29 Å². The van der Waals surface area contributed by atoms with Gasteiger partial charge in [-0.15, -0.1) is 0 Å². The number of aliphatic hydroxyl groups is 1. The van der Waals surface area contributed by atoms with Crippen molar-refractivity contribution in [1.82, 2.24) is 14.9 Å². The van der Waals surface area contributed by atoms with Crippen LogP contribution in [0.3, 0.4) is 0 Å². The summed E-state index contributed by atoms with van der Waals surface area (Å²) in [5.41, 5.74) is 12.9. The number of thioether (sulfide) groups is 1. The van der Waals surface area contributed by atoms with Crippen LogP contribution in [0.5, 0.6) is 0 Å². The van der Waals surface area contributed by atoms with E-state index in [2.05, 4.69) is 39.9 Å². The molecule has 52 heavy (non-hydrogen) atoms. The maximum absolute atomic E-state index is 12.6. The largest absolute Gasteiger partial charge is 0.397 e. The predicted octanol–water partition coefficient (Wildman–Crippen LogP) is 7.31. The van der Waals surface area contributed by atoms with E-state index in [1.807, 2.05) is 78.5 Å². The van der Waals surface area contributed by atoms with Crippen LogP contribution < -0.4 is 16.4 Å². The quantitative estimate of drug-likeness (QED) is 0.0502. The summed E-state index contributed by atoms with van der Waals surface area (Å²) in [6.45, 7) is 0.399. The van der Waals surface area contributed by atoms with Gasteiger partial charge in [0, 0.05) is 56.6 Å². The second-order valence-electron chi connectivity index (χ2n) is 12.9. The molecule has 1 aromatic heterocycles. The van der Waals surface area contributed by atoms with Crippen LogP contribution in [0.25, 0.3) is 11.1 Å². The second kappa shape index (κ2) is 18.0. The van der Waals surface area contributed by atoms with Crippen LogP contribution in [0.4, 0.5) is 11.4 Å². The zero-order valence-electron chi connectivity index (χ0n) is 29.2. The molecule has 0 bridgehead atoms. The zero-order chi connectivity index (χ0) is 36.3. The molecule has 1 aliphatic heterocycles. The number of para-hydroxylation sites is 2. The Bertz CT molecular complexity index is 1950. The topological polar surface area (TPSA) is 141 Å². The number of nitrogens with two attached hydrogens (primary N) is 1. The third kappa shape index (κ3) is 10.1. The lowest BCUT2D eigenvalue weighted by Crippen LogP contribution is -2.31. The number of nitrogen functional groups attached to an aromatic ring is 1. The minimum absolute atomic E-state index is 0.00514. The third-order valence-electron chi connectivity index (χ3n) is 8.99. The maximum Gasteiger partial charge on any atom is 0.224 e. The van der Waals surface area contributed by atoms with Crippen molar-refractivity contribution in [1.29, 1.82) is 0 Å². The lowest BCUT2D eigenvalue weighted by atomic mass is 9.99. The fourth-order valence-electron chi connectivity index (χ4n) is 6.09. The molecule has 3 atom stereocenters. The van der Waals surface area contributed by atoms with Gasteiger partial charge in [-0.05, 0) is 64.9 Å². The minimum Gasteiger partial charge on any atom is -0.397 e. The summed E-state index contributed by atoms with van der Waals surface area (Å²) in [5, 5.41) is 16.3. The number of aryl methyl sites for hydroxylation is 1. The smallest absolute Gasteiger partial charge is 0.224 e. The van der Waals surface area contributed by atoms with Crippen LogP contribution in [0.1, 0.15) is 66.8 Å². The number of ether oxygens (including phenoxy) is 2. The molecule has 4 aromatic carbocycles. The average Bonchev–Trinajstić information content (AvgIpc) is 3.60. The van der Waals surface area contributed by atoms with E-state index in [0.717, 1.165) is 44.3 Å². The highest BCUT2D eigenvalue weighted by molar-refractivity contribution is 7.99. The molecule has 1 saturated heterocycles. The summed E-state index contributed by atoms with van der Waals surface area (Å²) >= 11 is 1.66. The van der Waals surface area contributed by atoms with E-state index in [1.54, 1.807) is 30.1 Å². The molecule has 0 aliphatic carbocycles. The van der Waals surface area contributed by atoms with Crippen molar-refractivity contribution in [2.45, 2.75) is 68.9 Å². The van der Waals surface area contributed by atoms with E-state index in [0.29, 0.717) is 50.0 Å². The Morgan fingerprint density at radius 3 is 2.38 bits per heavy atom. The number of nitrogens with one attached hydrogen (secondary N) is 2. The van der Waals surface area contributed by atoms with Crippen molar-refractivity contribution < 1.29 is 24.2 Å². The normalized spacial score (nSPS) is 17.1. The van der Waals surface area contributed by atoms with Crippen LogP contribution in [0.2, 0.25) is 0 Å². The van der Waals surface area contributed by atoms with E-state index in [1.165, 1.54) is 0 Å². The molecule has 2 amide bonds. The van der Waals surface area contributed by atoms with Gasteiger partial charge in [-0.25, -0.2) is 4.98 Å². The summed E-state index contributed by atoms with van der Waals surface area (Å²) < 4.78 is 15.2. The van der Waals surface area contributed by atoms with Gasteiger partial charge < -0.3 is 35.5 Å². The summed E-state index contributed by atoms with van der Waals surface area (Å²) in [6, 6.07) is 31.4. The number of benzene rings is 4. The molecule has 1 aliphatic rings. The van der Waals surface area contributed by atoms with Crippen LogP contribution in [-0.2, 0) is 39.3 Å². The van der Waals surface area contributed by atoms with Gasteiger partial charge in [-0.2, -0.15) is 0 Å². The van der Waals surface area contributed by atoms with Crippen molar-refractivity contribution >= 4 is 35.0 Å². The van der Waals surface area contributed by atoms with Crippen molar-refractivity contribution in [3.63, 3.8) is 0 Å². The standard InChI is InChI=1S/C41H45N5O5S/c1-46-21-20-43-41(46)52-27-34-24-37(30-18-16-28(26-47)17-19-30)51-40(50-34)33-11-7-10-32(23-33)31-9-6-8-29(22-31)25-44-38(48)14-4-5-15-39(49)45-36-13-3-2-12-35(36)42/h2-3,6-13,16-23,34,37,40,47H,4-5,14-15,24-27,42H2,1H3,(H,44,48)(H,45,49)/t34-,37+,40+/m0/s1. The molecule has 0 unspecified atom stereocenters. The van der Waals surface area contributed by atoms with Gasteiger partial charge in [0.05, 0.1) is 30.2 Å². The fraction of sp³-hybridized carbons (Fsp3) is 0.293. The fourth-order valence-corrected chi connectivity index (χ4v) is 7.04. The van der Waals surface area contributed by atoms with E-state index in [-0.39, 0.29) is 30.6 Å². The number of aromatic nitrogens is 2. The van der Waals surface area contributed by atoms with Gasteiger partial charge in [-0.1, -0.05) is 84.6 Å². The van der Waals surface area contributed by atoms with Crippen LogP contribution in [0, 0.1) is 0 Å². The highest BCUT2D eigenvalue weighted by Crippen LogP contribution is 2.40. The summed E-state index contributed by atoms with van der Waals surface area (Å²) in [4.78, 5) is 29.3. The van der Waals surface area contributed by atoms with Crippen LogP contribution >= 0.6 is 11.8 Å². The number of unbranched alkanes of at least 4 members (excludes halogenated alkanes) is 1. The van der Waals surface area contributed by atoms with Crippen molar-refractivity contribution in [3.8, 4) is 11.1 Å². The van der Waals surface area contributed by atoms with Gasteiger partial charge in [0.1, 0.15) is 0 Å². The number of carbonyl (C=O) groups excluding carboxylic acids is 2. The number of imidazole rings is 1. The van der Waals surface area contributed by atoms with Gasteiger partial charge in [0.25, 0.3) is 0 Å². The molecule has 0 spiro atoms. The number of rotatable bonds is 15. The SMILES string of the molecule is Cn1ccnc1SC[C@@H]1C[C@H](c2ccc(CO)cc2)O[C@H](c2cccc(-c3cccc(CNC(=O)CCCCC(=O)Nc4ccccc4N)c3)c2)O1. The first-order valence-electron chi connectivity index (χ1n) is 17.6. The van der Waals surface area contributed by atoms with E-state index in [4.69, 9.17) is 15.2 Å². The van der Waals surface area contributed by atoms with Gasteiger partial charge in [0.15, 0.2) is 11.4 Å². The Labute approximate surface area is 308 Å². The molecular formula is C41H45N5O5S. The predicted molar refractivity (Wildman–Crippen MR) is 204 cm³/mol. The van der Waals surface area contributed by atoms with Crippen LogP contribution in [0.15, 0.2) is 115 Å². The maximum atomic E-state index is 12.6. The Kier molecular flexibility index (Phi) is 12.8. The number of hydrogen-bond donors (Lipinski definition) is 4. The molecule has 270 valence electrons. The second-order valence-corrected chi connectivity index (χ2v) is 13.9. The molecule has 2 heterocycles. The molecule has 11 heteroatoms. The molecule has 1 fully saturated rings. The lowest BCUT2D eigenvalue weighted by Gasteiger charge is -2.36. The summed E-state index contributed by atoms with van der Waals surface area (Å²) in [7, 11) is 1.98.